The Morgan fingerprint density at radius 1 is 0.585 bits per heavy atom. The summed E-state index contributed by atoms with van der Waals surface area (Å²) in [4.78, 5) is 25.1. The molecule has 0 bridgehead atoms. The molecule has 0 N–H and O–H groups in total. The van der Waals surface area contributed by atoms with Crippen LogP contribution < -0.4 is 28.4 Å². The van der Waals surface area contributed by atoms with E-state index in [0.717, 1.165) is 11.1 Å². The lowest BCUT2D eigenvalue weighted by atomic mass is 9.76. The van der Waals surface area contributed by atoms with Crippen molar-refractivity contribution in [2.75, 3.05) is 26.4 Å². The first-order chi connectivity index (χ1) is 19.5. The number of ether oxygens (including phenoxy) is 6. The summed E-state index contributed by atoms with van der Waals surface area (Å²) in [6.07, 6.45) is 0.929. The Bertz CT molecular complexity index is 1160. The van der Waals surface area contributed by atoms with Crippen molar-refractivity contribution in [3.8, 4) is 34.5 Å². The molecule has 0 atom stereocenters. The molecule has 8 nitrogen and oxygen atoms in total. The lowest BCUT2D eigenvalue weighted by Gasteiger charge is -2.32. The van der Waals surface area contributed by atoms with Crippen LogP contribution in [0.4, 0.5) is 0 Å². The summed E-state index contributed by atoms with van der Waals surface area (Å²) >= 11 is 0. The zero-order valence-electron chi connectivity index (χ0n) is 25.7. The summed E-state index contributed by atoms with van der Waals surface area (Å²) in [5.41, 5.74) is 1.50. The van der Waals surface area contributed by atoms with Gasteiger partial charge in [-0.1, -0.05) is 53.0 Å². The van der Waals surface area contributed by atoms with Crippen molar-refractivity contribution in [1.29, 1.82) is 0 Å². The van der Waals surface area contributed by atoms with Crippen LogP contribution in [0.2, 0.25) is 0 Å². The number of rotatable bonds is 16. The largest absolute Gasteiger partial charge is 0.490 e. The van der Waals surface area contributed by atoms with Crippen molar-refractivity contribution in [1.82, 2.24) is 0 Å². The monoisotopic (exact) mass is 568 g/mol. The fraction of sp³-hybridized carbons (Fsp3) is 0.455. The van der Waals surface area contributed by atoms with Gasteiger partial charge in [-0.25, -0.2) is 9.59 Å². The fourth-order valence-electron chi connectivity index (χ4n) is 4.15. The van der Waals surface area contributed by atoms with Gasteiger partial charge in [0, 0.05) is 27.7 Å². The highest BCUT2D eigenvalue weighted by Gasteiger charge is 2.35. The van der Waals surface area contributed by atoms with Crippen molar-refractivity contribution in [3.05, 3.63) is 59.7 Å². The molecule has 0 spiro atoms. The van der Waals surface area contributed by atoms with E-state index in [-0.39, 0.29) is 11.5 Å². The second-order valence-electron chi connectivity index (χ2n) is 9.59. The number of esters is 2. The second kappa shape index (κ2) is 15.2. The predicted octanol–water partition coefficient (Wildman–Crippen LogP) is 7.35. The molecule has 224 valence electrons. The molecule has 2 aromatic carbocycles. The van der Waals surface area contributed by atoms with Crippen LogP contribution in [0.15, 0.2) is 48.6 Å². The Morgan fingerprint density at radius 3 is 1.20 bits per heavy atom. The molecule has 0 amide bonds. The summed E-state index contributed by atoms with van der Waals surface area (Å²) in [6.45, 7) is 24.1. The highest BCUT2D eigenvalue weighted by atomic mass is 16.6. The third-order valence-corrected chi connectivity index (χ3v) is 6.49. The Hall–Kier alpha value is -3.94. The van der Waals surface area contributed by atoms with E-state index in [1.165, 1.54) is 0 Å². The first kappa shape index (κ1) is 33.3. The molecule has 8 heteroatoms. The highest BCUT2D eigenvalue weighted by molar-refractivity contribution is 5.90. The number of hydrogen-bond donors (Lipinski definition) is 0. The summed E-state index contributed by atoms with van der Waals surface area (Å²) in [5, 5.41) is 0. The van der Waals surface area contributed by atoms with Crippen LogP contribution in [0, 0.1) is 0 Å². The Balaban J connectivity index is 2.80. The SMILES string of the molecule is C=C(CC)C(=O)Oc1ccc(C(C)(C)c2ccc(OC(=O)C(=C)CC)c(OCC)c2OCC)c(OCC)c1OCC. The van der Waals surface area contributed by atoms with Gasteiger partial charge in [0.05, 0.1) is 26.4 Å². The Morgan fingerprint density at radius 2 is 0.902 bits per heavy atom. The van der Waals surface area contributed by atoms with Gasteiger partial charge in [-0.15, -0.1) is 0 Å². The molecular weight excluding hydrogens is 524 g/mol. The maximum Gasteiger partial charge on any atom is 0.338 e. The first-order valence-electron chi connectivity index (χ1n) is 14.2. The zero-order valence-corrected chi connectivity index (χ0v) is 25.7. The normalized spacial score (nSPS) is 10.9. The predicted molar refractivity (Wildman–Crippen MR) is 160 cm³/mol. The van der Waals surface area contributed by atoms with E-state index in [1.54, 1.807) is 12.1 Å². The summed E-state index contributed by atoms with van der Waals surface area (Å²) < 4.78 is 35.6. The smallest absolute Gasteiger partial charge is 0.338 e. The van der Waals surface area contributed by atoms with Gasteiger partial charge >= 0.3 is 11.9 Å². The molecule has 0 saturated heterocycles. The van der Waals surface area contributed by atoms with Crippen LogP contribution in [0.1, 0.15) is 79.4 Å². The van der Waals surface area contributed by atoms with Gasteiger partial charge in [0.25, 0.3) is 0 Å². The lowest BCUT2D eigenvalue weighted by Crippen LogP contribution is -2.23. The summed E-state index contributed by atoms with van der Waals surface area (Å²) in [5.74, 6) is 0.967. The minimum atomic E-state index is -0.738. The van der Waals surface area contributed by atoms with Gasteiger partial charge in [0.1, 0.15) is 0 Å². The lowest BCUT2D eigenvalue weighted by molar-refractivity contribution is -0.131. The molecular formula is C33H44O8. The summed E-state index contributed by atoms with van der Waals surface area (Å²) in [6, 6.07) is 7.09. The quantitative estimate of drug-likeness (QED) is 0.118. The van der Waals surface area contributed by atoms with Gasteiger partial charge < -0.3 is 28.4 Å². The number of carbonyl (C=O) groups is 2. The van der Waals surface area contributed by atoms with Crippen molar-refractivity contribution in [2.45, 2.75) is 73.6 Å². The van der Waals surface area contributed by atoms with E-state index in [0.29, 0.717) is 73.4 Å². The van der Waals surface area contributed by atoms with Crippen LogP contribution in [0.25, 0.3) is 0 Å². The molecule has 0 heterocycles. The molecule has 0 aromatic heterocycles. The number of benzene rings is 2. The molecule has 2 rings (SSSR count). The molecule has 0 aliphatic heterocycles. The molecule has 0 aliphatic rings. The van der Waals surface area contributed by atoms with E-state index >= 15 is 0 Å². The molecule has 0 saturated carbocycles. The standard InChI is InChI=1S/C33H44O8/c1-11-21(7)31(34)40-25-19-17-23(27(36-13-3)29(25)38-15-5)33(9,10)24-18-20-26(41-32(35)22(8)12-2)30(39-16-6)28(24)37-14-4/h17-20H,7-8,11-16H2,1-6,9-10H3. The van der Waals surface area contributed by atoms with Gasteiger partial charge in [-0.05, 0) is 52.7 Å². The second-order valence-corrected chi connectivity index (χ2v) is 9.59. The minimum absolute atomic E-state index is 0.243. The molecule has 0 fully saturated rings. The van der Waals surface area contributed by atoms with Crippen molar-refractivity contribution < 1.29 is 38.0 Å². The van der Waals surface area contributed by atoms with Crippen molar-refractivity contribution in [2.24, 2.45) is 0 Å². The maximum absolute atomic E-state index is 12.6. The van der Waals surface area contributed by atoms with Crippen LogP contribution in [-0.2, 0) is 15.0 Å². The highest BCUT2D eigenvalue weighted by Crippen LogP contribution is 2.52. The van der Waals surface area contributed by atoms with Crippen molar-refractivity contribution >= 4 is 11.9 Å². The molecule has 0 unspecified atom stereocenters. The zero-order chi connectivity index (χ0) is 30.7. The number of carbonyl (C=O) groups excluding carboxylic acids is 2. The molecule has 2 aromatic rings. The van der Waals surface area contributed by atoms with Crippen LogP contribution >= 0.6 is 0 Å². The topological polar surface area (TPSA) is 89.5 Å². The fourth-order valence-corrected chi connectivity index (χ4v) is 4.15. The van der Waals surface area contributed by atoms with Crippen LogP contribution in [-0.4, -0.2) is 38.4 Å². The first-order valence-corrected chi connectivity index (χ1v) is 14.2. The molecule has 0 radical (unpaired) electrons. The van der Waals surface area contributed by atoms with Gasteiger partial charge in [-0.2, -0.15) is 0 Å². The van der Waals surface area contributed by atoms with Gasteiger partial charge in [0.2, 0.25) is 11.5 Å². The Labute approximate surface area is 244 Å². The molecule has 41 heavy (non-hydrogen) atoms. The average molecular weight is 569 g/mol. The third kappa shape index (κ3) is 7.63. The van der Waals surface area contributed by atoms with Crippen LogP contribution in [0.5, 0.6) is 34.5 Å². The van der Waals surface area contributed by atoms with E-state index in [4.69, 9.17) is 28.4 Å². The molecule has 0 aliphatic carbocycles. The Kier molecular flexibility index (Phi) is 12.3. The third-order valence-electron chi connectivity index (χ3n) is 6.49. The van der Waals surface area contributed by atoms with E-state index in [9.17, 15) is 9.59 Å². The maximum atomic E-state index is 12.6. The average Bonchev–Trinajstić information content (AvgIpc) is 2.95. The van der Waals surface area contributed by atoms with Gasteiger partial charge in [0.15, 0.2) is 23.0 Å². The number of hydrogen-bond acceptors (Lipinski definition) is 8. The summed E-state index contributed by atoms with van der Waals surface area (Å²) in [7, 11) is 0. The van der Waals surface area contributed by atoms with E-state index in [1.807, 2.05) is 67.5 Å². The van der Waals surface area contributed by atoms with Crippen molar-refractivity contribution in [3.63, 3.8) is 0 Å². The van der Waals surface area contributed by atoms with E-state index in [2.05, 4.69) is 13.2 Å². The van der Waals surface area contributed by atoms with E-state index < -0.39 is 17.4 Å². The minimum Gasteiger partial charge on any atom is -0.490 e. The van der Waals surface area contributed by atoms with Gasteiger partial charge in [-0.3, -0.25) is 0 Å². The van der Waals surface area contributed by atoms with Crippen LogP contribution in [0.3, 0.4) is 0 Å².